The van der Waals surface area contributed by atoms with Gasteiger partial charge in [-0.05, 0) is 43.7 Å². The van der Waals surface area contributed by atoms with Gasteiger partial charge in [0.05, 0.1) is 15.6 Å². The van der Waals surface area contributed by atoms with Gasteiger partial charge in [0.2, 0.25) is 5.88 Å². The second-order valence-corrected chi connectivity index (χ2v) is 7.14. The molecule has 0 atom stereocenters. The van der Waals surface area contributed by atoms with Gasteiger partial charge in [-0.1, -0.05) is 29.5 Å². The van der Waals surface area contributed by atoms with Crippen LogP contribution in [-0.4, -0.2) is 14.8 Å². The van der Waals surface area contributed by atoms with E-state index in [4.69, 9.17) is 0 Å². The van der Waals surface area contributed by atoms with Crippen molar-refractivity contribution in [2.75, 3.05) is 0 Å². The van der Waals surface area contributed by atoms with Crippen LogP contribution in [0.15, 0.2) is 63.3 Å². The summed E-state index contributed by atoms with van der Waals surface area (Å²) in [5, 5.41) is 22.4. The van der Waals surface area contributed by atoms with E-state index >= 15 is 0 Å². The van der Waals surface area contributed by atoms with Crippen molar-refractivity contribution in [3.8, 4) is 11.6 Å². The Bertz CT molecular complexity index is 1210. The number of rotatable bonds is 3. The van der Waals surface area contributed by atoms with Crippen molar-refractivity contribution in [1.29, 1.82) is 0 Å². The van der Waals surface area contributed by atoms with Gasteiger partial charge in [-0.25, -0.2) is 15.0 Å². The molecule has 1 aromatic heterocycles. The molecule has 0 saturated heterocycles. The Morgan fingerprint density at radius 3 is 2.44 bits per heavy atom. The normalized spacial score (nSPS) is 13.3. The zero-order chi connectivity index (χ0) is 19.0. The average Bonchev–Trinajstić information content (AvgIpc) is 3.18. The molecule has 136 valence electrons. The van der Waals surface area contributed by atoms with Gasteiger partial charge in [-0.2, -0.15) is 0 Å². The van der Waals surface area contributed by atoms with Gasteiger partial charge in [0, 0.05) is 12.6 Å². The largest absolute Gasteiger partial charge is 0.506 e. The number of phenols is 1. The summed E-state index contributed by atoms with van der Waals surface area (Å²) in [6.07, 6.45) is 1.75. The fraction of sp³-hybridized carbons (Fsp3) is 0.150. The maximum atomic E-state index is 10.6. The summed E-state index contributed by atoms with van der Waals surface area (Å²) in [5.41, 5.74) is 1.42. The lowest BCUT2D eigenvalue weighted by Gasteiger charge is -2.01. The first-order chi connectivity index (χ1) is 13.0. The van der Waals surface area contributed by atoms with Crippen LogP contribution in [0.3, 0.4) is 0 Å². The van der Waals surface area contributed by atoms with Crippen molar-refractivity contribution >= 4 is 23.1 Å². The van der Waals surface area contributed by atoms with Crippen LogP contribution >= 0.6 is 11.3 Å². The molecule has 4 rings (SSSR count). The average molecular weight is 378 g/mol. The van der Waals surface area contributed by atoms with Crippen molar-refractivity contribution in [3.05, 3.63) is 74.2 Å². The Kier molecular flexibility index (Phi) is 4.37. The predicted molar refractivity (Wildman–Crippen MR) is 104 cm³/mol. The van der Waals surface area contributed by atoms with Crippen LogP contribution in [0.5, 0.6) is 11.6 Å². The second-order valence-electron chi connectivity index (χ2n) is 6.14. The molecule has 0 amide bonds. The minimum absolute atomic E-state index is 0.113. The Labute approximate surface area is 159 Å². The molecule has 6 nitrogen and oxygen atoms in total. The molecule has 0 fully saturated rings. The van der Waals surface area contributed by atoms with Crippen molar-refractivity contribution in [2.24, 2.45) is 15.0 Å². The summed E-state index contributed by atoms with van der Waals surface area (Å²) in [6.45, 7) is 4.38. The summed E-state index contributed by atoms with van der Waals surface area (Å²) < 4.78 is 1.69. The zero-order valence-electron chi connectivity index (χ0n) is 14.9. The second kappa shape index (κ2) is 6.85. The number of para-hydroxylation sites is 2. The van der Waals surface area contributed by atoms with Crippen LogP contribution in [0, 0.1) is 6.92 Å². The zero-order valence-corrected chi connectivity index (χ0v) is 15.7. The van der Waals surface area contributed by atoms with E-state index in [1.54, 1.807) is 22.8 Å². The molecular weight excluding hydrogens is 360 g/mol. The topological polar surface area (TPSA) is 82.5 Å². The highest BCUT2D eigenvalue weighted by molar-refractivity contribution is 7.10. The number of hydrogen-bond donors (Lipinski definition) is 2. The lowest BCUT2D eigenvalue weighted by Crippen LogP contribution is -2.19. The van der Waals surface area contributed by atoms with Crippen LogP contribution in [0.25, 0.3) is 6.08 Å². The smallest absolute Gasteiger partial charge is 0.211 e. The molecule has 0 spiro atoms. The minimum atomic E-state index is 0.113. The number of aryl methyl sites for hydroxylation is 1. The number of aromatic hydroxyl groups is 2. The number of fused-ring (bicyclic) bond motifs is 1. The summed E-state index contributed by atoms with van der Waals surface area (Å²) in [4.78, 5) is 14.7. The highest BCUT2D eigenvalue weighted by Crippen LogP contribution is 2.28. The number of aromatic nitrogens is 1. The quantitative estimate of drug-likeness (QED) is 0.735. The van der Waals surface area contributed by atoms with Crippen molar-refractivity contribution in [3.63, 3.8) is 0 Å². The van der Waals surface area contributed by atoms with Gasteiger partial charge in [-0.3, -0.25) is 4.57 Å². The van der Waals surface area contributed by atoms with Crippen LogP contribution < -0.4 is 15.5 Å². The van der Waals surface area contributed by atoms with Crippen molar-refractivity contribution in [2.45, 2.75) is 20.4 Å². The molecule has 1 aliphatic rings. The van der Waals surface area contributed by atoms with Crippen LogP contribution in [0.1, 0.15) is 17.4 Å². The molecule has 0 saturated carbocycles. The van der Waals surface area contributed by atoms with E-state index in [2.05, 4.69) is 15.0 Å². The molecule has 0 bridgehead atoms. The fourth-order valence-corrected chi connectivity index (χ4v) is 3.86. The third kappa shape index (κ3) is 3.29. The maximum absolute atomic E-state index is 10.6. The monoisotopic (exact) mass is 378 g/mol. The van der Waals surface area contributed by atoms with Crippen molar-refractivity contribution < 1.29 is 10.2 Å². The van der Waals surface area contributed by atoms with E-state index in [0.29, 0.717) is 27.7 Å². The molecule has 0 unspecified atom stereocenters. The number of thiazole rings is 1. The number of benzene rings is 2. The summed E-state index contributed by atoms with van der Waals surface area (Å²) in [6, 6.07) is 13.0. The minimum Gasteiger partial charge on any atom is -0.506 e. The number of phenolic OH excluding ortho intramolecular Hbond substituents is 1. The van der Waals surface area contributed by atoms with Gasteiger partial charge in [0.15, 0.2) is 10.6 Å². The van der Waals surface area contributed by atoms with E-state index in [0.717, 1.165) is 16.3 Å². The number of hydrogen-bond acceptors (Lipinski definition) is 6. The first-order valence-electron chi connectivity index (χ1n) is 8.56. The molecule has 0 aliphatic carbocycles. The van der Waals surface area contributed by atoms with Crippen LogP contribution in [0.2, 0.25) is 0 Å². The third-order valence-corrected chi connectivity index (χ3v) is 5.20. The standard InChI is InChI=1S/C20H18N4O2S/c1-3-24-19(26)17(11-18-21-13-6-4-5-7-14(13)22-18)27-20(24)23-15-9-8-12(2)10-16(15)25/h4-11,25-26H,3H2,1-2H3. The van der Waals surface area contributed by atoms with Gasteiger partial charge in [0.25, 0.3) is 0 Å². The molecule has 7 heteroatoms. The molecule has 3 aromatic rings. The van der Waals surface area contributed by atoms with Crippen LogP contribution in [-0.2, 0) is 6.54 Å². The SMILES string of the molecule is CCn1c(O)c(C=C2N=c3ccccc3=N2)sc1=Nc1ccc(C)cc1O. The predicted octanol–water partition coefficient (Wildman–Crippen LogP) is 2.77. The Balaban J connectivity index is 1.82. The fourth-order valence-electron chi connectivity index (χ4n) is 2.82. The molecule has 1 aliphatic heterocycles. The van der Waals surface area contributed by atoms with E-state index in [9.17, 15) is 10.2 Å². The van der Waals surface area contributed by atoms with Gasteiger partial charge < -0.3 is 10.2 Å². The number of nitrogens with zero attached hydrogens (tertiary/aromatic N) is 4. The lowest BCUT2D eigenvalue weighted by molar-refractivity contribution is 0.416. The van der Waals surface area contributed by atoms with E-state index in [1.165, 1.54) is 11.3 Å². The van der Waals surface area contributed by atoms with Gasteiger partial charge in [-0.15, -0.1) is 0 Å². The first-order valence-corrected chi connectivity index (χ1v) is 9.38. The van der Waals surface area contributed by atoms with E-state index in [1.807, 2.05) is 44.2 Å². The summed E-state index contributed by atoms with van der Waals surface area (Å²) in [5.74, 6) is 0.768. The van der Waals surface area contributed by atoms with E-state index in [-0.39, 0.29) is 11.6 Å². The Hall–Kier alpha value is -3.19. The van der Waals surface area contributed by atoms with Gasteiger partial charge in [0.1, 0.15) is 11.4 Å². The highest BCUT2D eigenvalue weighted by Gasteiger charge is 2.12. The lowest BCUT2D eigenvalue weighted by atomic mass is 10.2. The van der Waals surface area contributed by atoms with Crippen LogP contribution in [0.4, 0.5) is 5.69 Å². The molecule has 0 radical (unpaired) electrons. The molecular formula is C20H18N4O2S. The first kappa shape index (κ1) is 17.2. The summed E-state index contributed by atoms with van der Waals surface area (Å²) >= 11 is 1.32. The molecule has 2 heterocycles. The van der Waals surface area contributed by atoms with E-state index < -0.39 is 0 Å². The molecule has 2 N–H and O–H groups in total. The Morgan fingerprint density at radius 1 is 1.11 bits per heavy atom. The molecule has 27 heavy (non-hydrogen) atoms. The summed E-state index contributed by atoms with van der Waals surface area (Å²) in [7, 11) is 0. The maximum Gasteiger partial charge on any atom is 0.211 e. The highest BCUT2D eigenvalue weighted by atomic mass is 32.1. The van der Waals surface area contributed by atoms with Crippen molar-refractivity contribution in [1.82, 2.24) is 4.57 Å². The molecule has 2 aromatic carbocycles. The Morgan fingerprint density at radius 2 is 1.81 bits per heavy atom. The third-order valence-electron chi connectivity index (χ3n) is 4.18. The van der Waals surface area contributed by atoms with Gasteiger partial charge >= 0.3 is 0 Å².